The lowest BCUT2D eigenvalue weighted by Gasteiger charge is -2.34. The molecular weight excluding hydrogens is 436 g/mol. The van der Waals surface area contributed by atoms with Crippen LogP contribution >= 0.6 is 0 Å². The van der Waals surface area contributed by atoms with Crippen LogP contribution in [0.2, 0.25) is 0 Å². The lowest BCUT2D eigenvalue weighted by atomic mass is 9.85. The molecule has 0 radical (unpaired) electrons. The Balaban J connectivity index is 1.48. The van der Waals surface area contributed by atoms with Gasteiger partial charge in [-0.25, -0.2) is 9.59 Å². The molecule has 180 valence electrons. The standard InChI is InChI=1S/C26H30N2O6/c1-26(2,3)22(23(30)28-13-15(29)12-21(28)24(31)32)27-25(33)34-14-20-18-10-6-4-8-16(18)17-9-5-7-11-19(17)20/h4-11,15,20-22,29H,12-14H2,1-3H3,(H,27,33)(H,31,32)/t15-,21-,22?/m1/s1. The minimum atomic E-state index is -1.18. The number of nitrogens with one attached hydrogen (secondary N) is 1. The molecule has 0 aromatic heterocycles. The molecule has 8 nitrogen and oxygen atoms in total. The van der Waals surface area contributed by atoms with Gasteiger partial charge in [-0.2, -0.15) is 0 Å². The van der Waals surface area contributed by atoms with Crippen LogP contribution in [0.3, 0.4) is 0 Å². The zero-order valence-corrected chi connectivity index (χ0v) is 19.5. The molecule has 4 rings (SSSR count). The van der Waals surface area contributed by atoms with Crippen molar-refractivity contribution in [3.8, 4) is 11.1 Å². The zero-order valence-electron chi connectivity index (χ0n) is 19.5. The number of alkyl carbamates (subject to hydrolysis) is 1. The lowest BCUT2D eigenvalue weighted by molar-refractivity contribution is -0.150. The average molecular weight is 467 g/mol. The summed E-state index contributed by atoms with van der Waals surface area (Å²) in [6.07, 6.45) is -1.70. The first kappa shape index (κ1) is 23.8. The van der Waals surface area contributed by atoms with Gasteiger partial charge in [0.05, 0.1) is 6.10 Å². The predicted molar refractivity (Wildman–Crippen MR) is 125 cm³/mol. The van der Waals surface area contributed by atoms with E-state index in [1.807, 2.05) is 48.5 Å². The number of benzene rings is 2. The maximum Gasteiger partial charge on any atom is 0.407 e. The van der Waals surface area contributed by atoms with Gasteiger partial charge in [0.25, 0.3) is 0 Å². The first-order valence-electron chi connectivity index (χ1n) is 11.4. The predicted octanol–water partition coefficient (Wildman–Crippen LogP) is 2.99. The Morgan fingerprint density at radius 2 is 1.62 bits per heavy atom. The summed E-state index contributed by atoms with van der Waals surface area (Å²) in [6.45, 7) is 5.35. The Kier molecular flexibility index (Phi) is 6.36. The molecule has 0 saturated carbocycles. The number of likely N-dealkylation sites (tertiary alicyclic amines) is 1. The van der Waals surface area contributed by atoms with Gasteiger partial charge in [-0.05, 0) is 27.7 Å². The summed E-state index contributed by atoms with van der Waals surface area (Å²) in [5.74, 6) is -1.85. The molecule has 1 saturated heterocycles. The van der Waals surface area contributed by atoms with Crippen molar-refractivity contribution in [2.45, 2.75) is 51.3 Å². The van der Waals surface area contributed by atoms with Gasteiger partial charge in [0.1, 0.15) is 18.7 Å². The van der Waals surface area contributed by atoms with E-state index in [-0.39, 0.29) is 25.5 Å². The Labute approximate surface area is 198 Å². The van der Waals surface area contributed by atoms with Crippen molar-refractivity contribution in [3.05, 3.63) is 59.7 Å². The quantitative estimate of drug-likeness (QED) is 0.624. The van der Waals surface area contributed by atoms with E-state index in [1.54, 1.807) is 20.8 Å². The van der Waals surface area contributed by atoms with E-state index in [1.165, 1.54) is 0 Å². The normalized spacial score (nSPS) is 20.4. The topological polar surface area (TPSA) is 116 Å². The number of carbonyl (C=O) groups excluding carboxylic acids is 2. The molecule has 34 heavy (non-hydrogen) atoms. The number of nitrogens with zero attached hydrogens (tertiary/aromatic N) is 1. The van der Waals surface area contributed by atoms with Gasteiger partial charge >= 0.3 is 12.1 Å². The average Bonchev–Trinajstić information content (AvgIpc) is 3.33. The molecule has 0 spiro atoms. The molecule has 2 aromatic carbocycles. The number of fused-ring (bicyclic) bond motifs is 3. The van der Waals surface area contributed by atoms with Crippen LogP contribution in [0.25, 0.3) is 11.1 Å². The number of carboxylic acid groups (broad SMARTS) is 1. The number of carboxylic acids is 1. The van der Waals surface area contributed by atoms with Crippen LogP contribution in [0.15, 0.2) is 48.5 Å². The van der Waals surface area contributed by atoms with Gasteiger partial charge in [-0.15, -0.1) is 0 Å². The number of hydrogen-bond acceptors (Lipinski definition) is 5. The summed E-state index contributed by atoms with van der Waals surface area (Å²) in [6, 6.07) is 13.9. The maximum atomic E-state index is 13.3. The Hall–Kier alpha value is -3.39. The Morgan fingerprint density at radius 1 is 1.06 bits per heavy atom. The third-order valence-electron chi connectivity index (χ3n) is 6.57. The molecule has 1 fully saturated rings. The van der Waals surface area contributed by atoms with Gasteiger partial charge in [-0.1, -0.05) is 69.3 Å². The van der Waals surface area contributed by atoms with Crippen molar-refractivity contribution >= 4 is 18.0 Å². The van der Waals surface area contributed by atoms with Crippen LogP contribution in [0.5, 0.6) is 0 Å². The third-order valence-corrected chi connectivity index (χ3v) is 6.57. The number of carbonyl (C=O) groups is 3. The summed E-state index contributed by atoms with van der Waals surface area (Å²) >= 11 is 0. The minimum Gasteiger partial charge on any atom is -0.480 e. The number of rotatable bonds is 5. The molecule has 8 heteroatoms. The highest BCUT2D eigenvalue weighted by atomic mass is 16.5. The second kappa shape index (κ2) is 9.10. The highest BCUT2D eigenvalue weighted by molar-refractivity contribution is 5.90. The second-order valence-electron chi connectivity index (χ2n) is 10.0. The first-order valence-corrected chi connectivity index (χ1v) is 11.4. The van der Waals surface area contributed by atoms with E-state index >= 15 is 0 Å². The fraction of sp³-hybridized carbons (Fsp3) is 0.423. The molecule has 2 amide bonds. The number of aliphatic carboxylic acids is 1. The van der Waals surface area contributed by atoms with E-state index < -0.39 is 41.6 Å². The van der Waals surface area contributed by atoms with Crippen LogP contribution in [-0.4, -0.2) is 64.4 Å². The van der Waals surface area contributed by atoms with E-state index in [9.17, 15) is 24.6 Å². The van der Waals surface area contributed by atoms with Crippen molar-refractivity contribution in [1.29, 1.82) is 0 Å². The third kappa shape index (κ3) is 4.50. The summed E-state index contributed by atoms with van der Waals surface area (Å²) in [5, 5.41) is 22.0. The zero-order chi connectivity index (χ0) is 24.6. The number of hydrogen-bond donors (Lipinski definition) is 3. The molecule has 3 atom stereocenters. The number of β-amino-alcohol motifs (C(OH)–C–C–N with tert-alkyl or cyclic N) is 1. The fourth-order valence-electron chi connectivity index (χ4n) is 4.86. The fourth-order valence-corrected chi connectivity index (χ4v) is 4.86. The molecule has 1 aliphatic heterocycles. The van der Waals surface area contributed by atoms with Gasteiger partial charge in [0, 0.05) is 18.9 Å². The monoisotopic (exact) mass is 466 g/mol. The van der Waals surface area contributed by atoms with Gasteiger partial charge < -0.3 is 25.2 Å². The van der Waals surface area contributed by atoms with Crippen molar-refractivity contribution in [3.63, 3.8) is 0 Å². The van der Waals surface area contributed by atoms with Crippen LogP contribution in [0.1, 0.15) is 44.2 Å². The smallest absolute Gasteiger partial charge is 0.407 e. The van der Waals surface area contributed by atoms with E-state index in [0.717, 1.165) is 27.2 Å². The number of aliphatic hydroxyl groups is 1. The maximum absolute atomic E-state index is 13.3. The summed E-state index contributed by atoms with van der Waals surface area (Å²) in [7, 11) is 0. The Morgan fingerprint density at radius 3 is 2.15 bits per heavy atom. The lowest BCUT2D eigenvalue weighted by Crippen LogP contribution is -2.57. The van der Waals surface area contributed by atoms with Gasteiger partial charge in [-0.3, -0.25) is 4.79 Å². The minimum absolute atomic E-state index is 0.0388. The largest absolute Gasteiger partial charge is 0.480 e. The van der Waals surface area contributed by atoms with Crippen LogP contribution in [0.4, 0.5) is 4.79 Å². The molecule has 2 aromatic rings. The molecule has 1 unspecified atom stereocenters. The summed E-state index contributed by atoms with van der Waals surface area (Å²) < 4.78 is 5.59. The molecule has 2 aliphatic rings. The van der Waals surface area contributed by atoms with Crippen LogP contribution in [-0.2, 0) is 14.3 Å². The number of aliphatic hydroxyl groups excluding tert-OH is 1. The van der Waals surface area contributed by atoms with Crippen molar-refractivity contribution in [1.82, 2.24) is 10.2 Å². The summed E-state index contributed by atoms with van der Waals surface area (Å²) in [4.78, 5) is 38.8. The molecule has 0 bridgehead atoms. The molecule has 1 aliphatic carbocycles. The van der Waals surface area contributed by atoms with Crippen LogP contribution in [0, 0.1) is 5.41 Å². The first-order chi connectivity index (χ1) is 16.1. The molecule has 3 N–H and O–H groups in total. The number of amides is 2. The highest BCUT2D eigenvalue weighted by Gasteiger charge is 2.44. The highest BCUT2D eigenvalue weighted by Crippen LogP contribution is 2.44. The van der Waals surface area contributed by atoms with Crippen molar-refractivity contribution in [2.24, 2.45) is 5.41 Å². The molecule has 1 heterocycles. The van der Waals surface area contributed by atoms with E-state index in [4.69, 9.17) is 4.74 Å². The van der Waals surface area contributed by atoms with Crippen molar-refractivity contribution < 1.29 is 29.3 Å². The van der Waals surface area contributed by atoms with Gasteiger partial charge in [0.15, 0.2) is 0 Å². The van der Waals surface area contributed by atoms with Gasteiger partial charge in [0.2, 0.25) is 5.91 Å². The molecular formula is C26H30N2O6. The summed E-state index contributed by atoms with van der Waals surface area (Å²) in [5.41, 5.74) is 3.68. The number of ether oxygens (including phenoxy) is 1. The Bertz CT molecular complexity index is 1060. The van der Waals surface area contributed by atoms with Crippen LogP contribution < -0.4 is 5.32 Å². The van der Waals surface area contributed by atoms with E-state index in [2.05, 4.69) is 5.32 Å². The van der Waals surface area contributed by atoms with E-state index in [0.29, 0.717) is 0 Å². The van der Waals surface area contributed by atoms with Crippen molar-refractivity contribution in [2.75, 3.05) is 13.2 Å². The second-order valence-corrected chi connectivity index (χ2v) is 10.0. The SMILES string of the molecule is CC(C)(C)C(NC(=O)OCC1c2ccccc2-c2ccccc21)C(=O)N1C[C@H](O)C[C@@H]1C(=O)O.